The van der Waals surface area contributed by atoms with E-state index in [1.54, 1.807) is 24.3 Å². The van der Waals surface area contributed by atoms with Crippen LogP contribution in [0.5, 0.6) is 0 Å². The Morgan fingerprint density at radius 1 is 1.10 bits per heavy atom. The highest BCUT2D eigenvalue weighted by Crippen LogP contribution is 2.37. The van der Waals surface area contributed by atoms with E-state index >= 15 is 0 Å². The van der Waals surface area contributed by atoms with Crippen molar-refractivity contribution in [2.75, 3.05) is 0 Å². The third-order valence-electron chi connectivity index (χ3n) is 2.56. The molecule has 0 radical (unpaired) electrons. The molecular weight excluding hydrogens is 369 g/mol. The summed E-state index contributed by atoms with van der Waals surface area (Å²) in [6.45, 7) is 0. The van der Waals surface area contributed by atoms with Crippen molar-refractivity contribution in [1.82, 2.24) is 0 Å². The Balaban J connectivity index is 2.40. The van der Waals surface area contributed by atoms with Gasteiger partial charge in [-0.2, -0.15) is 13.2 Å². The highest BCUT2D eigenvalue weighted by Gasteiger charge is 2.35. The van der Waals surface area contributed by atoms with Crippen molar-refractivity contribution in [2.24, 2.45) is 0 Å². The lowest BCUT2D eigenvalue weighted by Crippen LogP contribution is -2.12. The Morgan fingerprint density at radius 3 is 2.33 bits per heavy atom. The zero-order valence-corrected chi connectivity index (χ0v) is 12.7. The molecule has 2 aromatic carbocycles. The van der Waals surface area contributed by atoms with Gasteiger partial charge in [0, 0.05) is 14.3 Å². The van der Waals surface area contributed by atoms with Crippen molar-refractivity contribution in [2.45, 2.75) is 16.0 Å². The van der Waals surface area contributed by atoms with E-state index in [1.807, 2.05) is 0 Å². The van der Waals surface area contributed by atoms with E-state index in [1.165, 1.54) is 6.07 Å². The van der Waals surface area contributed by atoms with Gasteiger partial charge in [-0.3, -0.25) is 0 Å². The summed E-state index contributed by atoms with van der Waals surface area (Å²) in [5.41, 5.74) is -1.89. The number of hydrogen-bond donors (Lipinski definition) is 1. The first-order valence-electron chi connectivity index (χ1n) is 5.65. The minimum atomic E-state index is -4.71. The first-order valence-corrected chi connectivity index (χ1v) is 7.26. The van der Waals surface area contributed by atoms with Gasteiger partial charge in [-0.15, -0.1) is 0 Å². The molecule has 0 saturated carbocycles. The van der Waals surface area contributed by atoms with Gasteiger partial charge >= 0.3 is 12.1 Å². The van der Waals surface area contributed by atoms with Gasteiger partial charge in [0.05, 0.1) is 11.1 Å². The number of carboxylic acid groups (broad SMARTS) is 1. The second kappa shape index (κ2) is 6.11. The Morgan fingerprint density at radius 2 is 1.76 bits per heavy atom. The van der Waals surface area contributed by atoms with Crippen LogP contribution >= 0.6 is 27.7 Å². The fourth-order valence-corrected chi connectivity index (χ4v) is 3.14. The molecule has 1 N–H and O–H groups in total. The molecule has 0 fully saturated rings. The highest BCUT2D eigenvalue weighted by molar-refractivity contribution is 9.10. The number of aromatic carboxylic acids is 1. The summed E-state index contributed by atoms with van der Waals surface area (Å²) in [6, 6.07) is 10.3. The van der Waals surface area contributed by atoms with Gasteiger partial charge in [0.15, 0.2) is 0 Å². The second-order valence-electron chi connectivity index (χ2n) is 4.07. The predicted octanol–water partition coefficient (Wildman–Crippen LogP) is 5.32. The normalized spacial score (nSPS) is 11.4. The highest BCUT2D eigenvalue weighted by atomic mass is 79.9. The molecule has 0 bridgehead atoms. The number of carboxylic acids is 1. The molecule has 0 aromatic heterocycles. The molecule has 7 heteroatoms. The Kier molecular flexibility index (Phi) is 4.63. The molecule has 0 aliphatic carbocycles. The van der Waals surface area contributed by atoms with E-state index in [-0.39, 0.29) is 0 Å². The van der Waals surface area contributed by atoms with Crippen molar-refractivity contribution in [3.8, 4) is 0 Å². The van der Waals surface area contributed by atoms with Crippen molar-refractivity contribution in [3.05, 3.63) is 58.1 Å². The smallest absolute Gasteiger partial charge is 0.417 e. The van der Waals surface area contributed by atoms with Crippen molar-refractivity contribution >= 4 is 33.7 Å². The standard InChI is InChI=1S/C14H8BrF3O2S/c15-8-2-1-3-9(6-8)21-10-4-5-11(13(19)20)12(7-10)14(16,17)18/h1-7H,(H,19,20). The summed E-state index contributed by atoms with van der Waals surface area (Å²) in [4.78, 5) is 11.9. The minimum Gasteiger partial charge on any atom is -0.478 e. The number of alkyl halides is 3. The summed E-state index contributed by atoms with van der Waals surface area (Å²) in [7, 11) is 0. The van der Waals surface area contributed by atoms with Crippen molar-refractivity contribution in [3.63, 3.8) is 0 Å². The molecule has 2 aromatic rings. The summed E-state index contributed by atoms with van der Waals surface area (Å²) in [6.07, 6.45) is -4.71. The van der Waals surface area contributed by atoms with Gasteiger partial charge in [-0.1, -0.05) is 33.8 Å². The van der Waals surface area contributed by atoms with Crippen LogP contribution in [-0.4, -0.2) is 11.1 Å². The van der Waals surface area contributed by atoms with Gasteiger partial charge in [0.25, 0.3) is 0 Å². The van der Waals surface area contributed by atoms with Crippen LogP contribution in [0.2, 0.25) is 0 Å². The molecule has 0 amide bonds. The second-order valence-corrected chi connectivity index (χ2v) is 6.13. The van der Waals surface area contributed by atoms with E-state index in [4.69, 9.17) is 5.11 Å². The van der Waals surface area contributed by atoms with Crippen LogP contribution in [0.3, 0.4) is 0 Å². The number of hydrogen-bond acceptors (Lipinski definition) is 2. The molecule has 110 valence electrons. The van der Waals surface area contributed by atoms with Gasteiger partial charge < -0.3 is 5.11 Å². The fraction of sp³-hybridized carbons (Fsp3) is 0.0714. The van der Waals surface area contributed by atoms with E-state index < -0.39 is 23.3 Å². The topological polar surface area (TPSA) is 37.3 Å². The first-order chi connectivity index (χ1) is 9.77. The lowest BCUT2D eigenvalue weighted by molar-refractivity contribution is -0.138. The quantitative estimate of drug-likeness (QED) is 0.787. The molecule has 0 atom stereocenters. The fourth-order valence-electron chi connectivity index (χ4n) is 1.67. The van der Waals surface area contributed by atoms with Crippen LogP contribution in [-0.2, 0) is 6.18 Å². The maximum absolute atomic E-state index is 12.9. The summed E-state index contributed by atoms with van der Waals surface area (Å²) >= 11 is 4.41. The van der Waals surface area contributed by atoms with Crippen LogP contribution in [0.1, 0.15) is 15.9 Å². The zero-order chi connectivity index (χ0) is 15.6. The summed E-state index contributed by atoms with van der Waals surface area (Å²) < 4.78 is 39.5. The van der Waals surface area contributed by atoms with Crippen LogP contribution < -0.4 is 0 Å². The minimum absolute atomic E-state index is 0.324. The molecule has 2 rings (SSSR count). The third-order valence-corrected chi connectivity index (χ3v) is 4.03. The zero-order valence-electron chi connectivity index (χ0n) is 10.3. The number of benzene rings is 2. The summed E-state index contributed by atoms with van der Waals surface area (Å²) in [5.74, 6) is -1.60. The average Bonchev–Trinajstić information content (AvgIpc) is 2.37. The third kappa shape index (κ3) is 4.01. The number of carbonyl (C=O) groups is 1. The van der Waals surface area contributed by atoms with E-state index in [2.05, 4.69) is 15.9 Å². The molecule has 0 saturated heterocycles. The van der Waals surface area contributed by atoms with Gasteiger partial charge in [0.2, 0.25) is 0 Å². The van der Waals surface area contributed by atoms with Gasteiger partial charge in [0.1, 0.15) is 0 Å². The van der Waals surface area contributed by atoms with Crippen LogP contribution in [0.25, 0.3) is 0 Å². The first kappa shape index (κ1) is 15.9. The molecule has 0 aliphatic rings. The average molecular weight is 377 g/mol. The van der Waals surface area contributed by atoms with Gasteiger partial charge in [-0.05, 0) is 36.4 Å². The monoisotopic (exact) mass is 376 g/mol. The van der Waals surface area contributed by atoms with E-state index in [0.29, 0.717) is 4.90 Å². The Bertz CT molecular complexity index is 686. The van der Waals surface area contributed by atoms with E-state index in [9.17, 15) is 18.0 Å². The van der Waals surface area contributed by atoms with Crippen LogP contribution in [0.4, 0.5) is 13.2 Å². The van der Waals surface area contributed by atoms with Crippen molar-refractivity contribution in [1.29, 1.82) is 0 Å². The molecular formula is C14H8BrF3O2S. The summed E-state index contributed by atoms with van der Waals surface area (Å²) in [5, 5.41) is 8.83. The lowest BCUT2D eigenvalue weighted by Gasteiger charge is -2.12. The molecule has 0 aliphatic heterocycles. The number of halogens is 4. The molecule has 21 heavy (non-hydrogen) atoms. The largest absolute Gasteiger partial charge is 0.478 e. The van der Waals surface area contributed by atoms with E-state index in [0.717, 1.165) is 33.3 Å². The number of rotatable bonds is 3. The molecule has 0 unspecified atom stereocenters. The van der Waals surface area contributed by atoms with Crippen LogP contribution in [0.15, 0.2) is 56.7 Å². The van der Waals surface area contributed by atoms with Gasteiger partial charge in [-0.25, -0.2) is 4.79 Å². The lowest BCUT2D eigenvalue weighted by atomic mass is 10.1. The maximum Gasteiger partial charge on any atom is 0.417 e. The van der Waals surface area contributed by atoms with Crippen molar-refractivity contribution < 1.29 is 23.1 Å². The SMILES string of the molecule is O=C(O)c1ccc(Sc2cccc(Br)c2)cc1C(F)(F)F. The Labute approximate surface area is 131 Å². The van der Waals surface area contributed by atoms with Crippen LogP contribution in [0, 0.1) is 0 Å². The maximum atomic E-state index is 12.9. The molecule has 0 heterocycles. The predicted molar refractivity (Wildman–Crippen MR) is 76.7 cm³/mol. The molecule has 2 nitrogen and oxygen atoms in total. The Hall–Kier alpha value is -1.47. The molecule has 0 spiro atoms.